The second-order valence-corrected chi connectivity index (χ2v) is 9.49. The lowest BCUT2D eigenvalue weighted by molar-refractivity contribution is 0.549. The van der Waals surface area contributed by atoms with Gasteiger partial charge in [0.1, 0.15) is 0 Å². The molecule has 1 unspecified atom stereocenters. The van der Waals surface area contributed by atoms with Gasteiger partial charge in [-0.15, -0.1) is 0 Å². The Balaban J connectivity index is 2.59. The quantitative estimate of drug-likeness (QED) is 0.890. The minimum absolute atomic E-state index is 0.141. The van der Waals surface area contributed by atoms with Crippen LogP contribution in [0.4, 0.5) is 0 Å². The molecule has 0 aromatic heterocycles. The minimum Gasteiger partial charge on any atom is -0.327 e. The average Bonchev–Trinajstić information content (AvgIpc) is 2.28. The van der Waals surface area contributed by atoms with Crippen molar-refractivity contribution in [2.45, 2.75) is 44.4 Å². The molecule has 1 rings (SSSR count). The van der Waals surface area contributed by atoms with Crippen molar-refractivity contribution in [2.24, 2.45) is 5.73 Å². The standard InChI is InChI=1S/C14H22BrNO2S/c1-14(2,3)19(17,18)9-8-12(16)10-11-6-4-5-7-13(11)15/h4-7,12H,8-10,16H2,1-3H3. The molecule has 0 saturated carbocycles. The molecular formula is C14H22BrNO2S. The van der Waals surface area contributed by atoms with Crippen molar-refractivity contribution in [3.63, 3.8) is 0 Å². The fourth-order valence-corrected chi connectivity index (χ4v) is 3.33. The monoisotopic (exact) mass is 347 g/mol. The van der Waals surface area contributed by atoms with Crippen LogP contribution in [0, 0.1) is 0 Å². The van der Waals surface area contributed by atoms with Crippen LogP contribution in [-0.4, -0.2) is 25.0 Å². The molecule has 1 aromatic carbocycles. The van der Waals surface area contributed by atoms with Gasteiger partial charge >= 0.3 is 0 Å². The molecule has 0 aliphatic carbocycles. The number of rotatable bonds is 5. The summed E-state index contributed by atoms with van der Waals surface area (Å²) in [7, 11) is -3.09. The lowest BCUT2D eigenvalue weighted by Gasteiger charge is -2.20. The molecule has 0 radical (unpaired) electrons. The molecule has 5 heteroatoms. The summed E-state index contributed by atoms with van der Waals surface area (Å²) in [5.41, 5.74) is 7.15. The molecule has 0 fully saturated rings. The molecular weight excluding hydrogens is 326 g/mol. The van der Waals surface area contributed by atoms with Gasteiger partial charge in [-0.25, -0.2) is 8.42 Å². The zero-order valence-electron chi connectivity index (χ0n) is 11.7. The number of nitrogens with two attached hydrogens (primary N) is 1. The third-order valence-electron chi connectivity index (χ3n) is 3.13. The predicted molar refractivity (Wildman–Crippen MR) is 84.0 cm³/mol. The molecule has 0 amide bonds. The lowest BCUT2D eigenvalue weighted by Crippen LogP contribution is -2.34. The van der Waals surface area contributed by atoms with E-state index in [0.29, 0.717) is 12.8 Å². The molecule has 0 aliphatic heterocycles. The number of sulfone groups is 1. The molecule has 3 nitrogen and oxygen atoms in total. The van der Waals surface area contributed by atoms with Crippen molar-refractivity contribution in [1.82, 2.24) is 0 Å². The summed E-state index contributed by atoms with van der Waals surface area (Å²) in [5.74, 6) is 0.141. The van der Waals surface area contributed by atoms with Gasteiger partial charge in [-0.05, 0) is 45.2 Å². The van der Waals surface area contributed by atoms with E-state index in [-0.39, 0.29) is 11.8 Å². The number of hydrogen-bond acceptors (Lipinski definition) is 3. The van der Waals surface area contributed by atoms with Crippen LogP contribution in [0.5, 0.6) is 0 Å². The Morgan fingerprint density at radius 2 is 1.84 bits per heavy atom. The summed E-state index contributed by atoms with van der Waals surface area (Å²) < 4.78 is 24.3. The van der Waals surface area contributed by atoms with E-state index in [1.807, 2.05) is 24.3 Å². The van der Waals surface area contributed by atoms with Gasteiger partial charge in [0.2, 0.25) is 0 Å². The van der Waals surface area contributed by atoms with Crippen LogP contribution in [0.1, 0.15) is 32.8 Å². The first-order valence-electron chi connectivity index (χ1n) is 6.35. The van der Waals surface area contributed by atoms with Gasteiger partial charge in [-0.2, -0.15) is 0 Å². The van der Waals surface area contributed by atoms with Crippen LogP contribution in [-0.2, 0) is 16.3 Å². The fourth-order valence-electron chi connectivity index (χ4n) is 1.66. The van der Waals surface area contributed by atoms with Gasteiger partial charge in [0.15, 0.2) is 9.84 Å². The van der Waals surface area contributed by atoms with Gasteiger partial charge in [0, 0.05) is 10.5 Å². The van der Waals surface area contributed by atoms with Crippen LogP contribution in [0.2, 0.25) is 0 Å². The summed E-state index contributed by atoms with van der Waals surface area (Å²) in [6.07, 6.45) is 1.17. The highest BCUT2D eigenvalue weighted by molar-refractivity contribution is 9.10. The molecule has 0 saturated heterocycles. The van der Waals surface area contributed by atoms with Crippen molar-refractivity contribution in [1.29, 1.82) is 0 Å². The van der Waals surface area contributed by atoms with E-state index in [2.05, 4.69) is 15.9 Å². The van der Waals surface area contributed by atoms with Gasteiger partial charge < -0.3 is 5.73 Å². The van der Waals surface area contributed by atoms with Crippen molar-refractivity contribution in [2.75, 3.05) is 5.75 Å². The highest BCUT2D eigenvalue weighted by Gasteiger charge is 2.28. The van der Waals surface area contributed by atoms with Crippen LogP contribution in [0.15, 0.2) is 28.7 Å². The third kappa shape index (κ3) is 4.89. The van der Waals surface area contributed by atoms with Gasteiger partial charge in [-0.3, -0.25) is 0 Å². The molecule has 108 valence electrons. The smallest absolute Gasteiger partial charge is 0.155 e. The summed E-state index contributed by atoms with van der Waals surface area (Å²) in [6.45, 7) is 5.17. The second-order valence-electron chi connectivity index (χ2n) is 5.78. The number of benzene rings is 1. The van der Waals surface area contributed by atoms with Crippen molar-refractivity contribution in [3.05, 3.63) is 34.3 Å². The van der Waals surface area contributed by atoms with Crippen molar-refractivity contribution >= 4 is 25.8 Å². The largest absolute Gasteiger partial charge is 0.327 e. The molecule has 19 heavy (non-hydrogen) atoms. The number of halogens is 1. The van der Waals surface area contributed by atoms with E-state index in [9.17, 15) is 8.42 Å². The molecule has 2 N–H and O–H groups in total. The molecule has 1 atom stereocenters. The predicted octanol–water partition coefficient (Wildman–Crippen LogP) is 2.92. The second kappa shape index (κ2) is 6.37. The molecule has 0 bridgehead atoms. The summed E-state index contributed by atoms with van der Waals surface area (Å²) >= 11 is 3.47. The zero-order chi connectivity index (χ0) is 14.7. The average molecular weight is 348 g/mol. The fraction of sp³-hybridized carbons (Fsp3) is 0.571. The molecule has 1 aromatic rings. The zero-order valence-corrected chi connectivity index (χ0v) is 14.1. The van der Waals surface area contributed by atoms with E-state index in [1.165, 1.54) is 0 Å². The normalized spacial score (nSPS) is 14.4. The van der Waals surface area contributed by atoms with E-state index in [4.69, 9.17) is 5.73 Å². The maximum absolute atomic E-state index is 12.0. The first kappa shape index (κ1) is 16.7. The van der Waals surface area contributed by atoms with Gasteiger partial charge in [0.25, 0.3) is 0 Å². The minimum atomic E-state index is -3.09. The summed E-state index contributed by atoms with van der Waals surface area (Å²) in [5, 5.41) is 0. The van der Waals surface area contributed by atoms with Crippen LogP contribution < -0.4 is 5.73 Å². The van der Waals surface area contributed by atoms with Crippen LogP contribution in [0.25, 0.3) is 0 Å². The Hall–Kier alpha value is -0.390. The third-order valence-corrected chi connectivity index (χ3v) is 6.54. The topological polar surface area (TPSA) is 60.2 Å². The van der Waals surface area contributed by atoms with Crippen LogP contribution in [0.3, 0.4) is 0 Å². The van der Waals surface area contributed by atoms with Gasteiger partial charge in [0.05, 0.1) is 10.5 Å². The Kier molecular flexibility index (Phi) is 5.59. The summed E-state index contributed by atoms with van der Waals surface area (Å²) in [4.78, 5) is 0. The van der Waals surface area contributed by atoms with Crippen molar-refractivity contribution < 1.29 is 8.42 Å². The van der Waals surface area contributed by atoms with Crippen molar-refractivity contribution in [3.8, 4) is 0 Å². The number of hydrogen-bond donors (Lipinski definition) is 1. The Labute approximate surface area is 124 Å². The van der Waals surface area contributed by atoms with E-state index in [0.717, 1.165) is 10.0 Å². The lowest BCUT2D eigenvalue weighted by atomic mass is 10.1. The van der Waals surface area contributed by atoms with Gasteiger partial charge in [-0.1, -0.05) is 34.1 Å². The molecule has 0 heterocycles. The maximum Gasteiger partial charge on any atom is 0.155 e. The first-order valence-corrected chi connectivity index (χ1v) is 8.79. The molecule has 0 spiro atoms. The highest BCUT2D eigenvalue weighted by Crippen LogP contribution is 2.20. The van der Waals surface area contributed by atoms with E-state index >= 15 is 0 Å². The maximum atomic E-state index is 12.0. The Bertz CT molecular complexity index is 520. The summed E-state index contributed by atoms with van der Waals surface area (Å²) in [6, 6.07) is 7.73. The molecule has 0 aliphatic rings. The first-order chi connectivity index (χ1) is 8.63. The van der Waals surface area contributed by atoms with E-state index in [1.54, 1.807) is 20.8 Å². The van der Waals surface area contributed by atoms with E-state index < -0.39 is 14.6 Å². The SMILES string of the molecule is CC(C)(C)S(=O)(=O)CCC(N)Cc1ccccc1Br. The Morgan fingerprint density at radius 1 is 1.26 bits per heavy atom. The Morgan fingerprint density at radius 3 is 2.37 bits per heavy atom. The van der Waals surface area contributed by atoms with Crippen LogP contribution >= 0.6 is 15.9 Å². The highest BCUT2D eigenvalue weighted by atomic mass is 79.9.